The highest BCUT2D eigenvalue weighted by molar-refractivity contribution is 6.22. The molecule has 2 aliphatic rings. The Bertz CT molecular complexity index is 1260. The molecule has 1 heterocycles. The van der Waals surface area contributed by atoms with Crippen molar-refractivity contribution in [3.8, 4) is 5.75 Å². The molecule has 0 spiro atoms. The molecule has 2 aromatic rings. The van der Waals surface area contributed by atoms with Gasteiger partial charge in [-0.1, -0.05) is 43.2 Å². The molecule has 1 saturated heterocycles. The van der Waals surface area contributed by atoms with Gasteiger partial charge in [0.15, 0.2) is 0 Å². The molecule has 2 aromatic carbocycles. The van der Waals surface area contributed by atoms with Gasteiger partial charge in [0.25, 0.3) is 0 Å². The van der Waals surface area contributed by atoms with E-state index in [0.717, 1.165) is 35.1 Å². The summed E-state index contributed by atoms with van der Waals surface area (Å²) >= 11 is 0. The zero-order chi connectivity index (χ0) is 28.3. The van der Waals surface area contributed by atoms with E-state index < -0.39 is 30.5 Å². The monoisotopic (exact) mass is 533 g/mol. The highest BCUT2D eigenvalue weighted by Gasteiger charge is 2.55. The summed E-state index contributed by atoms with van der Waals surface area (Å²) in [6, 6.07) is 12.6. The third-order valence-corrected chi connectivity index (χ3v) is 8.14. The van der Waals surface area contributed by atoms with E-state index >= 15 is 0 Å². The summed E-state index contributed by atoms with van der Waals surface area (Å²) in [5.41, 5.74) is 5.24. The number of fused-ring (bicyclic) bond motifs is 1. The lowest BCUT2D eigenvalue weighted by Gasteiger charge is -2.36. The number of amides is 2. The summed E-state index contributed by atoms with van der Waals surface area (Å²) in [5.74, 6) is -2.62. The van der Waals surface area contributed by atoms with Gasteiger partial charge in [0.05, 0.1) is 36.8 Å². The van der Waals surface area contributed by atoms with Gasteiger partial charge in [-0.25, -0.2) is 0 Å². The number of nitrogens with zero attached hydrogens (tertiary/aromatic N) is 1. The maximum atomic E-state index is 13.5. The summed E-state index contributed by atoms with van der Waals surface area (Å²) in [4.78, 5) is 28.0. The number of carbonyl (C=O) groups is 2. The van der Waals surface area contributed by atoms with Gasteiger partial charge in [0, 0.05) is 5.92 Å². The molecule has 7 nitrogen and oxygen atoms in total. The zero-order valence-electron chi connectivity index (χ0n) is 22.9. The maximum Gasteiger partial charge on any atom is 0.238 e. The highest BCUT2D eigenvalue weighted by Crippen LogP contribution is 2.47. The van der Waals surface area contributed by atoms with E-state index in [2.05, 4.69) is 13.0 Å². The summed E-state index contributed by atoms with van der Waals surface area (Å²) in [7, 11) is 0. The van der Waals surface area contributed by atoms with Crippen molar-refractivity contribution in [1.29, 1.82) is 0 Å². The molecule has 4 N–H and O–H groups in total. The first-order valence-corrected chi connectivity index (χ1v) is 13.8. The van der Waals surface area contributed by atoms with E-state index in [1.807, 2.05) is 32.0 Å². The molecule has 1 aliphatic heterocycles. The first-order valence-electron chi connectivity index (χ1n) is 13.8. The van der Waals surface area contributed by atoms with Gasteiger partial charge >= 0.3 is 0 Å². The summed E-state index contributed by atoms with van der Waals surface area (Å²) in [5, 5.41) is 42.1. The lowest BCUT2D eigenvalue weighted by molar-refractivity contribution is -0.123. The van der Waals surface area contributed by atoms with Crippen LogP contribution in [0.1, 0.15) is 55.7 Å². The second kappa shape index (κ2) is 12.3. The number of hydrogen-bond donors (Lipinski definition) is 4. The maximum absolute atomic E-state index is 13.5. The van der Waals surface area contributed by atoms with Crippen LogP contribution in [0.2, 0.25) is 0 Å². The van der Waals surface area contributed by atoms with Crippen molar-refractivity contribution in [1.82, 2.24) is 0 Å². The molecule has 1 fully saturated rings. The van der Waals surface area contributed by atoms with Gasteiger partial charge < -0.3 is 20.4 Å². The minimum Gasteiger partial charge on any atom is -0.507 e. The number of para-hydroxylation sites is 1. The molecular weight excluding hydrogens is 494 g/mol. The number of rotatable bonds is 10. The Morgan fingerprint density at radius 2 is 1.72 bits per heavy atom. The van der Waals surface area contributed by atoms with Crippen LogP contribution in [-0.2, 0) is 9.59 Å². The van der Waals surface area contributed by atoms with E-state index in [1.54, 1.807) is 24.3 Å². The van der Waals surface area contributed by atoms with E-state index in [1.165, 1.54) is 4.90 Å². The summed E-state index contributed by atoms with van der Waals surface area (Å²) < 4.78 is 0. The molecule has 0 saturated carbocycles. The molecule has 0 radical (unpaired) electrons. The second-order valence-corrected chi connectivity index (χ2v) is 10.8. The smallest absolute Gasteiger partial charge is 0.238 e. The summed E-state index contributed by atoms with van der Waals surface area (Å²) in [6.07, 6.45) is 4.02. The fourth-order valence-corrected chi connectivity index (χ4v) is 6.31. The Morgan fingerprint density at radius 1 is 1.05 bits per heavy atom. The molecule has 39 heavy (non-hydrogen) atoms. The van der Waals surface area contributed by atoms with Gasteiger partial charge in [0.1, 0.15) is 5.75 Å². The van der Waals surface area contributed by atoms with E-state index in [4.69, 9.17) is 0 Å². The van der Waals surface area contributed by atoms with Crippen molar-refractivity contribution in [3.63, 3.8) is 0 Å². The quantitative estimate of drug-likeness (QED) is 0.265. The number of allylic oxidation sites excluding steroid dienone is 1. The van der Waals surface area contributed by atoms with E-state index in [9.17, 15) is 30.0 Å². The van der Waals surface area contributed by atoms with Crippen LogP contribution in [-0.4, -0.2) is 51.6 Å². The first kappa shape index (κ1) is 28.7. The number of imide groups is 1. The van der Waals surface area contributed by atoms with Crippen molar-refractivity contribution in [2.45, 2.75) is 59.0 Å². The number of carbonyl (C=O) groups excluding carboxylic acids is 2. The summed E-state index contributed by atoms with van der Waals surface area (Å²) in [6.45, 7) is 5.08. The second-order valence-electron chi connectivity index (χ2n) is 10.8. The molecule has 4 atom stereocenters. The van der Waals surface area contributed by atoms with E-state index in [-0.39, 0.29) is 24.8 Å². The number of phenols is 1. The Morgan fingerprint density at radius 3 is 2.31 bits per heavy atom. The van der Waals surface area contributed by atoms with Crippen LogP contribution in [0.5, 0.6) is 5.75 Å². The number of phenolic OH excluding ortho intramolecular Hbond substituents is 1. The van der Waals surface area contributed by atoms with Gasteiger partial charge in [-0.15, -0.1) is 0 Å². The lowest BCUT2D eigenvalue weighted by atomic mass is 9.68. The molecule has 0 bridgehead atoms. The Hall–Kier alpha value is -3.26. The van der Waals surface area contributed by atoms with Crippen molar-refractivity contribution >= 4 is 23.6 Å². The molecule has 4 rings (SSSR count). The number of aliphatic hydroxyl groups excluding tert-OH is 3. The fraction of sp³-hybridized carbons (Fsp3) is 0.438. The molecule has 0 aromatic heterocycles. The number of aryl methyl sites for hydroxylation is 2. The van der Waals surface area contributed by atoms with Crippen molar-refractivity contribution < 1.29 is 30.0 Å². The van der Waals surface area contributed by atoms with Gasteiger partial charge in [-0.2, -0.15) is 0 Å². The van der Waals surface area contributed by atoms with Crippen molar-refractivity contribution in [2.24, 2.45) is 17.8 Å². The minimum atomic E-state index is -0.970. The average molecular weight is 534 g/mol. The fourth-order valence-electron chi connectivity index (χ4n) is 6.31. The topological polar surface area (TPSA) is 118 Å². The highest BCUT2D eigenvalue weighted by atomic mass is 16.3. The van der Waals surface area contributed by atoms with Crippen LogP contribution in [0, 0.1) is 31.6 Å². The average Bonchev–Trinajstić information content (AvgIpc) is 3.18. The Kier molecular flexibility index (Phi) is 9.05. The third-order valence-electron chi connectivity index (χ3n) is 8.14. The number of anilines is 1. The lowest BCUT2D eigenvalue weighted by Crippen LogP contribution is -2.39. The molecule has 208 valence electrons. The van der Waals surface area contributed by atoms with Crippen LogP contribution in [0.3, 0.4) is 0 Å². The normalized spacial score (nSPS) is 22.5. The zero-order valence-corrected chi connectivity index (χ0v) is 22.9. The van der Waals surface area contributed by atoms with Crippen LogP contribution < -0.4 is 4.90 Å². The van der Waals surface area contributed by atoms with Crippen LogP contribution in [0.25, 0.3) is 6.08 Å². The molecule has 0 unspecified atom stereocenters. The molecule has 1 aliphatic carbocycles. The first-order chi connectivity index (χ1) is 18.7. The number of hydrogen-bond acceptors (Lipinski definition) is 6. The SMILES string of the molecule is CCC/C(=C\c1cc(C)c(O)c(C)c1)CC[C@@H](O)C1=C(CO)C[C@H]2C(=O)N(c3ccccc3)C(=O)[C@H]2[C@H]1CO. The molecule has 7 heteroatoms. The minimum absolute atomic E-state index is 0.182. The number of aromatic hydroxyl groups is 1. The van der Waals surface area contributed by atoms with Gasteiger partial charge in [-0.3, -0.25) is 14.5 Å². The number of aliphatic hydroxyl groups is 3. The molecule has 2 amide bonds. The van der Waals surface area contributed by atoms with Crippen molar-refractivity contribution in [2.75, 3.05) is 18.1 Å². The van der Waals surface area contributed by atoms with Crippen LogP contribution in [0.15, 0.2) is 59.2 Å². The largest absolute Gasteiger partial charge is 0.507 e. The standard InChI is InChI=1S/C32H39NO6/c1-4-8-21(15-22-13-19(2)30(37)20(3)14-22)11-12-27(36)28-23(17-34)16-25-29(26(28)18-35)32(39)33(31(25)38)24-9-6-5-7-10-24/h5-7,9-10,13-15,25-27,29,34-37H,4,8,11-12,16-18H2,1-3H3/b21-15+/t25-,26+,27-,29-/m1/s1. The predicted molar refractivity (Wildman–Crippen MR) is 151 cm³/mol. The van der Waals surface area contributed by atoms with Gasteiger partial charge in [-0.05, 0) is 91.6 Å². The molecular formula is C32H39NO6. The van der Waals surface area contributed by atoms with Crippen LogP contribution >= 0.6 is 0 Å². The van der Waals surface area contributed by atoms with Gasteiger partial charge in [0.2, 0.25) is 11.8 Å². The third kappa shape index (κ3) is 5.71. The Labute approximate surface area is 230 Å². The Balaban J connectivity index is 1.58. The van der Waals surface area contributed by atoms with Crippen LogP contribution in [0.4, 0.5) is 5.69 Å². The van der Waals surface area contributed by atoms with E-state index in [0.29, 0.717) is 35.4 Å². The predicted octanol–water partition coefficient (Wildman–Crippen LogP) is 4.44. The van der Waals surface area contributed by atoms with Crippen molar-refractivity contribution in [3.05, 3.63) is 75.9 Å². The number of benzene rings is 2.